The van der Waals surface area contributed by atoms with Crippen LogP contribution in [-0.4, -0.2) is 0 Å². The fourth-order valence-corrected chi connectivity index (χ4v) is 5.87. The molecule has 0 aromatic heterocycles. The first-order chi connectivity index (χ1) is 21.0. The maximum Gasteiger partial charge on any atom is 0.133 e. The summed E-state index contributed by atoms with van der Waals surface area (Å²) in [6.45, 7) is 0. The number of fused-ring (bicyclic) bond motifs is 2. The first-order valence-corrected chi connectivity index (χ1v) is 13.8. The van der Waals surface area contributed by atoms with E-state index in [0.29, 0.717) is 32.7 Å². The molecule has 1 nitrogen and oxygen atoms in total. The Morgan fingerprint density at radius 3 is 1.28 bits per heavy atom. The summed E-state index contributed by atoms with van der Waals surface area (Å²) in [6.07, 6.45) is 0. The number of hydrogen-bond donors (Lipinski definition) is 0. The third kappa shape index (κ3) is 4.69. The van der Waals surface area contributed by atoms with E-state index in [2.05, 4.69) is 4.90 Å². The minimum absolute atomic E-state index is 0.219. The van der Waals surface area contributed by atoms with Crippen LogP contribution in [0.3, 0.4) is 0 Å². The van der Waals surface area contributed by atoms with Crippen LogP contribution in [0.25, 0.3) is 43.8 Å². The number of hydrogen-bond acceptors (Lipinski definition) is 1. The topological polar surface area (TPSA) is 3.24 Å². The first kappa shape index (κ1) is 26.5. The molecule has 0 aliphatic carbocycles. The van der Waals surface area contributed by atoms with E-state index in [-0.39, 0.29) is 11.1 Å². The summed E-state index contributed by atoms with van der Waals surface area (Å²) in [5.74, 6) is -2.77. The number of halogens is 4. The zero-order valence-electron chi connectivity index (χ0n) is 22.7. The van der Waals surface area contributed by atoms with Gasteiger partial charge in [0.05, 0.1) is 0 Å². The van der Waals surface area contributed by atoms with Gasteiger partial charge in [-0.25, -0.2) is 17.6 Å². The van der Waals surface area contributed by atoms with E-state index >= 15 is 8.78 Å². The molecular weight excluding hydrogens is 546 g/mol. The van der Waals surface area contributed by atoms with Crippen LogP contribution >= 0.6 is 0 Å². The van der Waals surface area contributed by atoms with Crippen LogP contribution in [0.5, 0.6) is 0 Å². The average molecular weight is 570 g/mol. The van der Waals surface area contributed by atoms with Crippen molar-refractivity contribution >= 4 is 38.6 Å². The van der Waals surface area contributed by atoms with Gasteiger partial charge in [-0.3, -0.25) is 0 Å². The third-order valence-electron chi connectivity index (χ3n) is 7.70. The van der Waals surface area contributed by atoms with Crippen molar-refractivity contribution in [3.63, 3.8) is 0 Å². The lowest BCUT2D eigenvalue weighted by atomic mass is 9.85. The zero-order valence-corrected chi connectivity index (χ0v) is 22.7. The van der Waals surface area contributed by atoms with Crippen LogP contribution in [0.4, 0.5) is 34.6 Å². The second-order valence-electron chi connectivity index (χ2n) is 10.3. The molecule has 5 heteroatoms. The van der Waals surface area contributed by atoms with Gasteiger partial charge in [0.25, 0.3) is 0 Å². The fraction of sp³-hybridized carbons (Fsp3) is 0. The van der Waals surface area contributed by atoms with Crippen molar-refractivity contribution in [2.75, 3.05) is 4.90 Å². The summed E-state index contributed by atoms with van der Waals surface area (Å²) in [4.78, 5) is 2.08. The first-order valence-electron chi connectivity index (χ1n) is 13.8. The van der Waals surface area contributed by atoms with E-state index in [1.165, 1.54) is 24.3 Å². The van der Waals surface area contributed by atoms with Gasteiger partial charge >= 0.3 is 0 Å². The summed E-state index contributed by atoms with van der Waals surface area (Å²) in [5, 5.41) is 2.60. The largest absolute Gasteiger partial charge is 0.310 e. The van der Waals surface area contributed by atoms with Crippen LogP contribution in [0.2, 0.25) is 0 Å². The van der Waals surface area contributed by atoms with E-state index in [9.17, 15) is 8.78 Å². The summed E-state index contributed by atoms with van der Waals surface area (Å²) >= 11 is 0. The molecule has 0 fully saturated rings. The predicted molar refractivity (Wildman–Crippen MR) is 167 cm³/mol. The standard InChI is InChI=1S/C38H23F4N/c39-24-15-18-32(35(41)21-24)37-29-13-7-8-14-30(29)38(33-19-16-25(40)22-36(33)42)34-23-28(17-20-31(34)37)43(26-9-3-1-4-10-26)27-11-5-2-6-12-27/h1-23H. The Bertz CT molecular complexity index is 2090. The minimum atomic E-state index is -0.708. The molecule has 0 N–H and O–H groups in total. The van der Waals surface area contributed by atoms with Crippen LogP contribution in [-0.2, 0) is 0 Å². The van der Waals surface area contributed by atoms with Gasteiger partial charge in [0.2, 0.25) is 0 Å². The lowest BCUT2D eigenvalue weighted by Gasteiger charge is -2.27. The lowest BCUT2D eigenvalue weighted by Crippen LogP contribution is -2.09. The van der Waals surface area contributed by atoms with Crippen LogP contribution in [0.15, 0.2) is 140 Å². The van der Waals surface area contributed by atoms with E-state index in [0.717, 1.165) is 29.2 Å². The third-order valence-corrected chi connectivity index (χ3v) is 7.70. The highest BCUT2D eigenvalue weighted by molar-refractivity contribution is 6.22. The summed E-state index contributed by atoms with van der Waals surface area (Å²) in [6, 6.07) is 39.9. The second-order valence-corrected chi connectivity index (χ2v) is 10.3. The summed E-state index contributed by atoms with van der Waals surface area (Å²) < 4.78 is 59.1. The van der Waals surface area contributed by atoms with Crippen molar-refractivity contribution in [2.24, 2.45) is 0 Å². The van der Waals surface area contributed by atoms with Crippen molar-refractivity contribution in [2.45, 2.75) is 0 Å². The Kier molecular flexibility index (Phi) is 6.63. The van der Waals surface area contributed by atoms with E-state index in [1.807, 2.05) is 103 Å². The molecule has 0 amide bonds. The molecule has 43 heavy (non-hydrogen) atoms. The smallest absolute Gasteiger partial charge is 0.133 e. The van der Waals surface area contributed by atoms with Crippen LogP contribution < -0.4 is 4.90 Å². The predicted octanol–water partition coefficient (Wildman–Crippen LogP) is 11.4. The fourth-order valence-electron chi connectivity index (χ4n) is 5.87. The summed E-state index contributed by atoms with van der Waals surface area (Å²) in [5.41, 5.74) is 4.17. The molecule has 0 spiro atoms. The number of benzene rings is 7. The molecule has 0 bridgehead atoms. The van der Waals surface area contributed by atoms with Gasteiger partial charge in [-0.15, -0.1) is 0 Å². The maximum absolute atomic E-state index is 15.6. The molecule has 0 saturated carbocycles. The van der Waals surface area contributed by atoms with Gasteiger partial charge in [-0.2, -0.15) is 0 Å². The normalized spacial score (nSPS) is 11.3. The van der Waals surface area contributed by atoms with Gasteiger partial charge in [0.15, 0.2) is 0 Å². The second kappa shape index (κ2) is 10.8. The molecule has 0 atom stereocenters. The lowest BCUT2D eigenvalue weighted by molar-refractivity contribution is 0.585. The highest BCUT2D eigenvalue weighted by atomic mass is 19.1. The zero-order chi connectivity index (χ0) is 29.5. The highest BCUT2D eigenvalue weighted by Crippen LogP contribution is 2.47. The Labute approximate surface area is 245 Å². The Hall–Kier alpha value is -5.42. The van der Waals surface area contributed by atoms with Crippen molar-refractivity contribution in [3.8, 4) is 22.3 Å². The Balaban J connectivity index is 1.63. The summed E-state index contributed by atoms with van der Waals surface area (Å²) in [7, 11) is 0. The van der Waals surface area contributed by atoms with Crippen molar-refractivity contribution in [1.29, 1.82) is 0 Å². The van der Waals surface area contributed by atoms with Gasteiger partial charge in [-0.05, 0) is 82.2 Å². The Morgan fingerprint density at radius 2 is 0.791 bits per heavy atom. The molecule has 0 unspecified atom stereocenters. The van der Waals surface area contributed by atoms with Crippen molar-refractivity contribution < 1.29 is 17.6 Å². The van der Waals surface area contributed by atoms with Gasteiger partial charge in [0, 0.05) is 51.4 Å². The molecule has 0 aliphatic rings. The molecule has 0 aliphatic heterocycles. The SMILES string of the molecule is Fc1ccc(-c2c3ccccc3c(-c3ccc(F)cc3F)c3cc(N(c4ccccc4)c4ccccc4)ccc23)c(F)c1. The quantitative estimate of drug-likeness (QED) is 0.147. The number of rotatable bonds is 5. The molecular formula is C38H23F4N. The van der Waals surface area contributed by atoms with Crippen LogP contribution in [0.1, 0.15) is 0 Å². The number of para-hydroxylation sites is 2. The van der Waals surface area contributed by atoms with Crippen molar-refractivity contribution in [3.05, 3.63) is 163 Å². The minimum Gasteiger partial charge on any atom is -0.310 e. The Morgan fingerprint density at radius 1 is 0.349 bits per heavy atom. The van der Waals surface area contributed by atoms with Gasteiger partial charge in [0.1, 0.15) is 23.3 Å². The van der Waals surface area contributed by atoms with E-state index in [1.54, 1.807) is 0 Å². The van der Waals surface area contributed by atoms with Crippen molar-refractivity contribution in [1.82, 2.24) is 0 Å². The van der Waals surface area contributed by atoms with E-state index < -0.39 is 23.3 Å². The molecule has 208 valence electrons. The van der Waals surface area contributed by atoms with E-state index in [4.69, 9.17) is 0 Å². The number of anilines is 3. The van der Waals surface area contributed by atoms with Crippen LogP contribution in [0, 0.1) is 23.3 Å². The molecule has 7 aromatic rings. The number of nitrogens with zero attached hydrogens (tertiary/aromatic N) is 1. The maximum atomic E-state index is 15.6. The monoisotopic (exact) mass is 569 g/mol. The molecule has 0 saturated heterocycles. The molecule has 0 radical (unpaired) electrons. The average Bonchev–Trinajstić information content (AvgIpc) is 3.02. The molecule has 7 rings (SSSR count). The van der Waals surface area contributed by atoms with Gasteiger partial charge < -0.3 is 4.90 Å². The molecule has 0 heterocycles. The van der Waals surface area contributed by atoms with Gasteiger partial charge in [-0.1, -0.05) is 66.7 Å². The highest BCUT2D eigenvalue weighted by Gasteiger charge is 2.22. The molecule has 7 aromatic carbocycles.